The Hall–Kier alpha value is -3.79. The molecule has 9 nitrogen and oxygen atoms in total. The van der Waals surface area contributed by atoms with E-state index in [0.29, 0.717) is 16.7 Å². The second kappa shape index (κ2) is 8.15. The van der Waals surface area contributed by atoms with Gasteiger partial charge in [-0.3, -0.25) is 4.72 Å². The zero-order valence-electron chi connectivity index (χ0n) is 16.9. The van der Waals surface area contributed by atoms with Crippen LogP contribution < -0.4 is 18.9 Å². The highest BCUT2D eigenvalue weighted by Gasteiger charge is 2.28. The number of nitrogens with zero attached hydrogens (tertiary/aromatic N) is 2. The number of aromatic nitrogens is 2. The predicted molar refractivity (Wildman–Crippen MR) is 114 cm³/mol. The molecule has 31 heavy (non-hydrogen) atoms. The van der Waals surface area contributed by atoms with Crippen molar-refractivity contribution in [1.82, 2.24) is 10.1 Å². The number of hydrogen-bond acceptors (Lipinski definition) is 8. The van der Waals surface area contributed by atoms with Gasteiger partial charge in [0.2, 0.25) is 5.88 Å². The Morgan fingerprint density at radius 2 is 1.58 bits per heavy atom. The van der Waals surface area contributed by atoms with Gasteiger partial charge in [-0.05, 0) is 12.1 Å². The van der Waals surface area contributed by atoms with E-state index < -0.39 is 10.0 Å². The first-order valence-corrected chi connectivity index (χ1v) is 10.6. The molecule has 0 spiro atoms. The van der Waals surface area contributed by atoms with Gasteiger partial charge in [0.25, 0.3) is 10.0 Å². The van der Waals surface area contributed by atoms with Gasteiger partial charge in [-0.25, -0.2) is 13.4 Å². The molecule has 0 saturated carbocycles. The van der Waals surface area contributed by atoms with Gasteiger partial charge in [-0.15, -0.1) is 0 Å². The summed E-state index contributed by atoms with van der Waals surface area (Å²) < 4.78 is 50.0. The van der Waals surface area contributed by atoms with E-state index in [-0.39, 0.29) is 28.1 Å². The lowest BCUT2D eigenvalue weighted by Crippen LogP contribution is -2.15. The zero-order chi connectivity index (χ0) is 22.0. The highest BCUT2D eigenvalue weighted by Crippen LogP contribution is 2.38. The molecule has 0 aliphatic carbocycles. The van der Waals surface area contributed by atoms with Crippen molar-refractivity contribution in [1.29, 1.82) is 0 Å². The number of hydrogen-bond donors (Lipinski definition) is 1. The Labute approximate surface area is 178 Å². The quantitative estimate of drug-likeness (QED) is 0.462. The van der Waals surface area contributed by atoms with Crippen molar-refractivity contribution in [3.05, 3.63) is 54.6 Å². The first kappa shape index (κ1) is 20.5. The monoisotopic (exact) mass is 441 g/mol. The molecule has 4 aromatic rings. The largest absolute Gasteiger partial charge is 0.495 e. The number of pyridine rings is 1. The Bertz CT molecular complexity index is 1310. The van der Waals surface area contributed by atoms with Crippen molar-refractivity contribution in [2.24, 2.45) is 0 Å². The summed E-state index contributed by atoms with van der Waals surface area (Å²) in [5, 5.41) is 4.18. The number of methoxy groups -OCH3 is 3. The SMILES string of the molecule is COc1cccc(OC)c1S(=O)(=O)Nc1noc2cc(-c3ccccc3)nc(OC)c12. The number of ether oxygens (including phenoxy) is 3. The normalized spacial score (nSPS) is 11.3. The fraction of sp³-hybridized carbons (Fsp3) is 0.143. The Balaban J connectivity index is 1.82. The number of nitrogens with one attached hydrogen (secondary N) is 1. The molecule has 0 atom stereocenters. The van der Waals surface area contributed by atoms with Gasteiger partial charge in [-0.2, -0.15) is 0 Å². The van der Waals surface area contributed by atoms with Gasteiger partial charge in [0.1, 0.15) is 16.9 Å². The molecule has 2 heterocycles. The van der Waals surface area contributed by atoms with Crippen LogP contribution >= 0.6 is 0 Å². The Morgan fingerprint density at radius 3 is 2.19 bits per heavy atom. The fourth-order valence-electron chi connectivity index (χ4n) is 3.16. The summed E-state index contributed by atoms with van der Waals surface area (Å²) in [5.74, 6) is 0.349. The minimum Gasteiger partial charge on any atom is -0.495 e. The maximum atomic E-state index is 13.2. The standard InChI is InChI=1S/C21H19N3O6S/c1-27-15-10-7-11-16(28-2)19(15)31(25,26)24-20-18-17(30-23-20)12-14(22-21(18)29-3)13-8-5-4-6-9-13/h4-12H,1-3H3,(H,23,24). The lowest BCUT2D eigenvalue weighted by molar-refractivity contribution is 0.373. The Kier molecular flexibility index (Phi) is 5.38. The van der Waals surface area contributed by atoms with Gasteiger partial charge >= 0.3 is 0 Å². The van der Waals surface area contributed by atoms with E-state index in [0.717, 1.165) is 5.56 Å². The summed E-state index contributed by atoms with van der Waals surface area (Å²) in [5.41, 5.74) is 1.76. The summed E-state index contributed by atoms with van der Waals surface area (Å²) in [6.07, 6.45) is 0. The molecule has 1 N–H and O–H groups in total. The van der Waals surface area contributed by atoms with Crippen LogP contribution in [0.2, 0.25) is 0 Å². The molecule has 0 bridgehead atoms. The van der Waals surface area contributed by atoms with E-state index in [1.165, 1.54) is 33.5 Å². The third-order valence-corrected chi connectivity index (χ3v) is 5.97. The van der Waals surface area contributed by atoms with E-state index in [4.69, 9.17) is 18.7 Å². The van der Waals surface area contributed by atoms with Crippen molar-refractivity contribution in [3.8, 4) is 28.6 Å². The van der Waals surface area contributed by atoms with Crippen molar-refractivity contribution < 1.29 is 27.2 Å². The molecule has 0 saturated heterocycles. The maximum absolute atomic E-state index is 13.2. The van der Waals surface area contributed by atoms with Crippen molar-refractivity contribution >= 4 is 26.8 Å². The Morgan fingerprint density at radius 1 is 0.903 bits per heavy atom. The molecule has 0 fully saturated rings. The maximum Gasteiger partial charge on any atom is 0.270 e. The highest BCUT2D eigenvalue weighted by molar-refractivity contribution is 7.93. The van der Waals surface area contributed by atoms with Crippen molar-refractivity contribution in [2.45, 2.75) is 4.90 Å². The predicted octanol–water partition coefficient (Wildman–Crippen LogP) is 3.72. The smallest absolute Gasteiger partial charge is 0.270 e. The van der Waals surface area contributed by atoms with Gasteiger partial charge in [0, 0.05) is 11.6 Å². The molecule has 10 heteroatoms. The van der Waals surface area contributed by atoms with Crippen LogP contribution in [-0.2, 0) is 10.0 Å². The van der Waals surface area contributed by atoms with Crippen LogP contribution in [0.1, 0.15) is 0 Å². The molecule has 0 aliphatic rings. The first-order valence-electron chi connectivity index (χ1n) is 9.12. The van der Waals surface area contributed by atoms with Crippen molar-refractivity contribution in [3.63, 3.8) is 0 Å². The number of sulfonamides is 1. The highest BCUT2D eigenvalue weighted by atomic mass is 32.2. The number of fused-ring (bicyclic) bond motifs is 1. The number of anilines is 1. The summed E-state index contributed by atoms with van der Waals surface area (Å²) >= 11 is 0. The van der Waals surface area contributed by atoms with Crippen LogP contribution in [0.25, 0.3) is 22.2 Å². The van der Waals surface area contributed by atoms with Crippen LogP contribution in [-0.4, -0.2) is 39.9 Å². The molecule has 2 aromatic heterocycles. The lowest BCUT2D eigenvalue weighted by atomic mass is 10.1. The van der Waals surface area contributed by atoms with E-state index in [2.05, 4.69) is 14.9 Å². The van der Waals surface area contributed by atoms with Crippen LogP contribution in [0.15, 0.2) is 64.0 Å². The summed E-state index contributed by atoms with van der Waals surface area (Å²) in [6.45, 7) is 0. The molecule has 2 aromatic carbocycles. The average Bonchev–Trinajstić information content (AvgIpc) is 3.20. The fourth-order valence-corrected chi connectivity index (χ4v) is 4.49. The molecule has 4 rings (SSSR count). The average molecular weight is 441 g/mol. The van der Waals surface area contributed by atoms with E-state index in [1.807, 2.05) is 30.3 Å². The molecular weight excluding hydrogens is 422 g/mol. The van der Waals surface area contributed by atoms with E-state index in [9.17, 15) is 8.42 Å². The molecule has 0 aliphatic heterocycles. The van der Waals surface area contributed by atoms with E-state index >= 15 is 0 Å². The minimum atomic E-state index is -4.15. The first-order chi connectivity index (χ1) is 15.0. The van der Waals surface area contributed by atoms with Crippen molar-refractivity contribution in [2.75, 3.05) is 26.1 Å². The molecule has 0 radical (unpaired) electrons. The summed E-state index contributed by atoms with van der Waals surface area (Å²) in [6, 6.07) is 15.8. The summed E-state index contributed by atoms with van der Waals surface area (Å²) in [7, 11) is 0.0270. The van der Waals surface area contributed by atoms with Gasteiger partial charge < -0.3 is 18.7 Å². The van der Waals surface area contributed by atoms with Gasteiger partial charge in [0.15, 0.2) is 16.3 Å². The third-order valence-electron chi connectivity index (χ3n) is 4.57. The molecule has 0 unspecified atom stereocenters. The molecule has 160 valence electrons. The second-order valence-electron chi connectivity index (χ2n) is 6.38. The molecule has 0 amide bonds. The van der Waals surface area contributed by atoms with Gasteiger partial charge in [-0.1, -0.05) is 41.6 Å². The van der Waals surface area contributed by atoms with Crippen LogP contribution in [0, 0.1) is 0 Å². The van der Waals surface area contributed by atoms with Crippen LogP contribution in [0.3, 0.4) is 0 Å². The lowest BCUT2D eigenvalue weighted by Gasteiger charge is -2.14. The molecular formula is C21H19N3O6S. The van der Waals surface area contributed by atoms with Crippen LogP contribution in [0.5, 0.6) is 17.4 Å². The zero-order valence-corrected chi connectivity index (χ0v) is 17.8. The second-order valence-corrected chi connectivity index (χ2v) is 8.00. The minimum absolute atomic E-state index is 0.0630. The topological polar surface area (TPSA) is 113 Å². The van der Waals surface area contributed by atoms with Gasteiger partial charge in [0.05, 0.1) is 27.0 Å². The number of benzene rings is 2. The summed E-state index contributed by atoms with van der Waals surface area (Å²) in [4.78, 5) is 4.32. The van der Waals surface area contributed by atoms with E-state index in [1.54, 1.807) is 12.1 Å². The van der Waals surface area contributed by atoms with Crippen LogP contribution in [0.4, 0.5) is 5.82 Å². The number of rotatable bonds is 7. The third kappa shape index (κ3) is 3.73.